The van der Waals surface area contributed by atoms with Crippen molar-refractivity contribution in [2.45, 2.75) is 20.8 Å². The van der Waals surface area contributed by atoms with Crippen molar-refractivity contribution >= 4 is 16.9 Å². The zero-order valence-electron chi connectivity index (χ0n) is 10.6. The van der Waals surface area contributed by atoms with Gasteiger partial charge < -0.3 is 4.74 Å². The number of aromatic nitrogens is 1. The summed E-state index contributed by atoms with van der Waals surface area (Å²) < 4.78 is 18.7. The molecule has 2 aromatic rings. The van der Waals surface area contributed by atoms with Crippen LogP contribution in [-0.2, 0) is 4.74 Å². The highest BCUT2D eigenvalue weighted by Gasteiger charge is 2.12. The number of benzene rings is 1. The summed E-state index contributed by atoms with van der Waals surface area (Å²) >= 11 is 0. The van der Waals surface area contributed by atoms with Crippen LogP contribution in [0, 0.1) is 19.7 Å². The molecule has 0 aliphatic carbocycles. The quantitative estimate of drug-likeness (QED) is 0.765. The predicted molar refractivity (Wildman–Crippen MR) is 67.1 cm³/mol. The second-order valence-electron chi connectivity index (χ2n) is 4.09. The molecule has 1 aromatic heterocycles. The number of rotatable bonds is 2. The monoisotopic (exact) mass is 247 g/mol. The zero-order chi connectivity index (χ0) is 13.3. The van der Waals surface area contributed by atoms with Crippen LogP contribution in [0.1, 0.15) is 28.5 Å². The zero-order valence-corrected chi connectivity index (χ0v) is 10.6. The lowest BCUT2D eigenvalue weighted by molar-refractivity contribution is 0.0526. The van der Waals surface area contributed by atoms with Crippen LogP contribution in [0.3, 0.4) is 0 Å². The van der Waals surface area contributed by atoms with Crippen molar-refractivity contribution in [2.75, 3.05) is 6.61 Å². The Bertz CT molecular complexity index is 623. The summed E-state index contributed by atoms with van der Waals surface area (Å²) in [4.78, 5) is 15.8. The molecule has 0 atom stereocenters. The fourth-order valence-electron chi connectivity index (χ4n) is 1.89. The maximum atomic E-state index is 13.8. The molecule has 0 radical (unpaired) electrons. The van der Waals surface area contributed by atoms with E-state index < -0.39 is 5.97 Å². The van der Waals surface area contributed by atoms with Gasteiger partial charge in [-0.25, -0.2) is 9.18 Å². The van der Waals surface area contributed by atoms with E-state index in [2.05, 4.69) is 4.98 Å². The van der Waals surface area contributed by atoms with Gasteiger partial charge in [-0.3, -0.25) is 4.98 Å². The number of pyridine rings is 1. The van der Waals surface area contributed by atoms with E-state index >= 15 is 0 Å². The number of halogens is 1. The number of carbonyl (C=O) groups excluding carboxylic acids is 1. The Morgan fingerprint density at radius 2 is 2.11 bits per heavy atom. The fraction of sp³-hybridized carbons (Fsp3) is 0.286. The fourth-order valence-corrected chi connectivity index (χ4v) is 1.89. The average molecular weight is 247 g/mol. The van der Waals surface area contributed by atoms with Crippen molar-refractivity contribution in [3.8, 4) is 0 Å². The van der Waals surface area contributed by atoms with Crippen LogP contribution in [0.4, 0.5) is 4.39 Å². The van der Waals surface area contributed by atoms with Gasteiger partial charge in [-0.15, -0.1) is 0 Å². The molecule has 1 aromatic carbocycles. The summed E-state index contributed by atoms with van der Waals surface area (Å²) in [6.45, 7) is 5.37. The first kappa shape index (κ1) is 12.5. The third kappa shape index (κ3) is 2.06. The van der Waals surface area contributed by atoms with E-state index in [1.807, 2.05) is 0 Å². The van der Waals surface area contributed by atoms with Crippen molar-refractivity contribution in [3.05, 3.63) is 40.8 Å². The molecule has 4 heteroatoms. The number of fused-ring (bicyclic) bond motifs is 1. The summed E-state index contributed by atoms with van der Waals surface area (Å²) in [5, 5.41) is 0.642. The highest BCUT2D eigenvalue weighted by atomic mass is 19.1. The van der Waals surface area contributed by atoms with Gasteiger partial charge in [0.05, 0.1) is 23.4 Å². The minimum atomic E-state index is -0.403. The molecule has 0 N–H and O–H groups in total. The number of ether oxygens (including phenoxy) is 1. The lowest BCUT2D eigenvalue weighted by Crippen LogP contribution is -2.05. The van der Waals surface area contributed by atoms with Crippen molar-refractivity contribution in [3.63, 3.8) is 0 Å². The first-order valence-electron chi connectivity index (χ1n) is 5.78. The highest BCUT2D eigenvalue weighted by Crippen LogP contribution is 2.22. The molecule has 0 aliphatic heterocycles. The van der Waals surface area contributed by atoms with E-state index in [9.17, 15) is 9.18 Å². The largest absolute Gasteiger partial charge is 0.462 e. The van der Waals surface area contributed by atoms with Gasteiger partial charge in [0.25, 0.3) is 0 Å². The summed E-state index contributed by atoms with van der Waals surface area (Å²) in [6.07, 6.45) is 0. The topological polar surface area (TPSA) is 39.2 Å². The molecule has 0 spiro atoms. The second kappa shape index (κ2) is 4.72. The SMILES string of the molecule is CCOC(=O)c1ccc2nc(C)c(F)c(C)c2c1. The van der Waals surface area contributed by atoms with Crippen molar-refractivity contribution in [2.24, 2.45) is 0 Å². The van der Waals surface area contributed by atoms with Crippen LogP contribution in [0.5, 0.6) is 0 Å². The van der Waals surface area contributed by atoms with Gasteiger partial charge in [-0.1, -0.05) is 0 Å². The van der Waals surface area contributed by atoms with Gasteiger partial charge >= 0.3 is 5.97 Å². The molecule has 0 unspecified atom stereocenters. The first-order chi connectivity index (χ1) is 8.54. The van der Waals surface area contributed by atoms with E-state index in [4.69, 9.17) is 4.74 Å². The second-order valence-corrected chi connectivity index (χ2v) is 4.09. The van der Waals surface area contributed by atoms with Gasteiger partial charge in [0.2, 0.25) is 0 Å². The molecule has 2 rings (SSSR count). The van der Waals surface area contributed by atoms with E-state index in [1.54, 1.807) is 39.0 Å². The molecule has 0 saturated heterocycles. The number of hydrogen-bond acceptors (Lipinski definition) is 3. The standard InChI is InChI=1S/C14H14FNO2/c1-4-18-14(17)10-5-6-12-11(7-10)8(2)13(15)9(3)16-12/h5-7H,4H2,1-3H3. The Balaban J connectivity index is 2.61. The Hall–Kier alpha value is -1.97. The van der Waals surface area contributed by atoms with Gasteiger partial charge in [-0.05, 0) is 44.5 Å². The molecule has 3 nitrogen and oxygen atoms in total. The van der Waals surface area contributed by atoms with Crippen LogP contribution >= 0.6 is 0 Å². The molecule has 1 heterocycles. The average Bonchev–Trinajstić information content (AvgIpc) is 2.36. The maximum absolute atomic E-state index is 13.8. The molecule has 0 amide bonds. The first-order valence-corrected chi connectivity index (χ1v) is 5.78. The van der Waals surface area contributed by atoms with Gasteiger partial charge in [0, 0.05) is 5.39 Å². The molecule has 94 valence electrons. The third-order valence-electron chi connectivity index (χ3n) is 2.85. The summed E-state index contributed by atoms with van der Waals surface area (Å²) in [7, 11) is 0. The number of hydrogen-bond donors (Lipinski definition) is 0. The Kier molecular flexibility index (Phi) is 3.28. The summed E-state index contributed by atoms with van der Waals surface area (Å²) in [5.74, 6) is -0.733. The molecule has 0 bridgehead atoms. The Morgan fingerprint density at radius 1 is 1.39 bits per heavy atom. The van der Waals surface area contributed by atoms with Crippen LogP contribution in [0.2, 0.25) is 0 Å². The van der Waals surface area contributed by atoms with Crippen molar-refractivity contribution < 1.29 is 13.9 Å². The summed E-state index contributed by atoms with van der Waals surface area (Å²) in [6, 6.07) is 4.98. The third-order valence-corrected chi connectivity index (χ3v) is 2.85. The molecular weight excluding hydrogens is 233 g/mol. The molecule has 18 heavy (non-hydrogen) atoms. The maximum Gasteiger partial charge on any atom is 0.338 e. The van der Waals surface area contributed by atoms with Gasteiger partial charge in [0.15, 0.2) is 0 Å². The number of carbonyl (C=O) groups is 1. The lowest BCUT2D eigenvalue weighted by atomic mass is 10.1. The number of aryl methyl sites for hydroxylation is 2. The summed E-state index contributed by atoms with van der Waals surface area (Å²) in [5.41, 5.74) is 1.96. The predicted octanol–water partition coefficient (Wildman–Crippen LogP) is 3.17. The molecular formula is C14H14FNO2. The minimum Gasteiger partial charge on any atom is -0.462 e. The van der Waals surface area contributed by atoms with E-state index in [0.717, 1.165) is 0 Å². The van der Waals surface area contributed by atoms with E-state index in [-0.39, 0.29) is 5.82 Å². The minimum absolute atomic E-state index is 0.316. The van der Waals surface area contributed by atoms with Crippen molar-refractivity contribution in [1.82, 2.24) is 4.98 Å². The normalized spacial score (nSPS) is 10.7. The van der Waals surface area contributed by atoms with E-state index in [0.29, 0.717) is 34.3 Å². The molecule has 0 aliphatic rings. The lowest BCUT2D eigenvalue weighted by Gasteiger charge is -2.08. The smallest absolute Gasteiger partial charge is 0.338 e. The Morgan fingerprint density at radius 3 is 2.78 bits per heavy atom. The van der Waals surface area contributed by atoms with Gasteiger partial charge in [0.1, 0.15) is 5.82 Å². The van der Waals surface area contributed by atoms with Crippen LogP contribution in [0.15, 0.2) is 18.2 Å². The van der Waals surface area contributed by atoms with E-state index in [1.165, 1.54) is 0 Å². The van der Waals surface area contributed by atoms with Crippen LogP contribution in [-0.4, -0.2) is 17.6 Å². The van der Waals surface area contributed by atoms with Crippen LogP contribution < -0.4 is 0 Å². The Labute approximate surface area is 105 Å². The van der Waals surface area contributed by atoms with Crippen LogP contribution in [0.25, 0.3) is 10.9 Å². The number of esters is 1. The number of nitrogens with zero attached hydrogens (tertiary/aromatic N) is 1. The van der Waals surface area contributed by atoms with Gasteiger partial charge in [-0.2, -0.15) is 0 Å². The molecule has 0 saturated carbocycles. The molecule has 0 fully saturated rings. The van der Waals surface area contributed by atoms with Crippen molar-refractivity contribution in [1.29, 1.82) is 0 Å². The highest BCUT2D eigenvalue weighted by molar-refractivity contribution is 5.95.